The van der Waals surface area contributed by atoms with Crippen LogP contribution in [-0.2, 0) is 6.54 Å². The Morgan fingerprint density at radius 2 is 2.58 bits per heavy atom. The highest BCUT2D eigenvalue weighted by atomic mass is 32.1. The van der Waals surface area contributed by atoms with Crippen LogP contribution in [0.4, 0.5) is 0 Å². The van der Waals surface area contributed by atoms with Crippen molar-refractivity contribution in [3.8, 4) is 6.07 Å². The van der Waals surface area contributed by atoms with Gasteiger partial charge in [-0.2, -0.15) is 10.4 Å². The summed E-state index contributed by atoms with van der Waals surface area (Å²) < 4.78 is 2.92. The van der Waals surface area contributed by atoms with Gasteiger partial charge >= 0.3 is 0 Å². The molecule has 2 aromatic heterocycles. The molecule has 0 aliphatic heterocycles. The smallest absolute Gasteiger partial charge is 0.128 e. The Hall–Kier alpha value is -1.34. The molecule has 0 N–H and O–H groups in total. The molecular weight excluding hydrogens is 170 g/mol. The Morgan fingerprint density at radius 1 is 1.75 bits per heavy atom. The van der Waals surface area contributed by atoms with Crippen LogP contribution >= 0.6 is 11.3 Å². The molecule has 0 unspecified atom stereocenters. The molecule has 0 amide bonds. The second-order valence-electron chi connectivity index (χ2n) is 2.54. The predicted octanol–water partition coefficient (Wildman–Crippen LogP) is 1.93. The van der Waals surface area contributed by atoms with E-state index in [1.54, 1.807) is 16.0 Å². The fourth-order valence-electron chi connectivity index (χ4n) is 1.24. The molecule has 2 heterocycles. The number of hydrogen-bond donors (Lipinski definition) is 0. The highest BCUT2D eigenvalue weighted by molar-refractivity contribution is 7.17. The summed E-state index contributed by atoms with van der Waals surface area (Å²) in [6.07, 6.45) is 0. The number of fused-ring (bicyclic) bond motifs is 1. The van der Waals surface area contributed by atoms with Crippen molar-refractivity contribution in [3.63, 3.8) is 0 Å². The molecule has 0 saturated heterocycles. The number of nitriles is 1. The van der Waals surface area contributed by atoms with Gasteiger partial charge in [0.15, 0.2) is 0 Å². The van der Waals surface area contributed by atoms with E-state index >= 15 is 0 Å². The first kappa shape index (κ1) is 7.32. The minimum Gasteiger partial charge on any atom is -0.250 e. The van der Waals surface area contributed by atoms with E-state index in [0.29, 0.717) is 6.54 Å². The summed E-state index contributed by atoms with van der Waals surface area (Å²) in [6, 6.07) is 4.08. The summed E-state index contributed by atoms with van der Waals surface area (Å²) in [6.45, 7) is 2.30. The Bertz CT molecular complexity index is 446. The normalized spacial score (nSPS) is 10.3. The number of nitrogens with zero attached hydrogens (tertiary/aromatic N) is 3. The van der Waals surface area contributed by atoms with Crippen LogP contribution in [0.15, 0.2) is 11.4 Å². The third-order valence-corrected chi connectivity index (χ3v) is 2.75. The van der Waals surface area contributed by atoms with Gasteiger partial charge in [0, 0.05) is 0 Å². The van der Waals surface area contributed by atoms with Crippen LogP contribution in [0.3, 0.4) is 0 Å². The third kappa shape index (κ3) is 0.908. The summed E-state index contributed by atoms with van der Waals surface area (Å²) in [4.78, 5) is 0. The first-order valence-electron chi connectivity index (χ1n) is 3.60. The zero-order valence-electron chi connectivity index (χ0n) is 6.61. The maximum absolute atomic E-state index is 8.52. The molecule has 0 aliphatic carbocycles. The van der Waals surface area contributed by atoms with Crippen molar-refractivity contribution in [1.29, 1.82) is 5.26 Å². The van der Waals surface area contributed by atoms with Gasteiger partial charge in [0.2, 0.25) is 0 Å². The molecule has 0 spiro atoms. The first-order valence-corrected chi connectivity index (χ1v) is 4.48. The van der Waals surface area contributed by atoms with Gasteiger partial charge in [0.25, 0.3) is 0 Å². The first-order chi connectivity index (χ1) is 5.83. The van der Waals surface area contributed by atoms with Gasteiger partial charge in [-0.1, -0.05) is 0 Å². The molecule has 0 aliphatic rings. The number of hydrogen-bond acceptors (Lipinski definition) is 3. The lowest BCUT2D eigenvalue weighted by molar-refractivity contribution is 0.726. The fourth-order valence-corrected chi connectivity index (χ4v) is 2.08. The van der Waals surface area contributed by atoms with Crippen molar-refractivity contribution < 1.29 is 0 Å². The molecule has 3 nitrogen and oxygen atoms in total. The molecule has 0 radical (unpaired) electrons. The fraction of sp³-hybridized carbons (Fsp3) is 0.250. The standard InChI is InChI=1S/C8H7N3S/c1-6-8-7(2-5-12-8)11(10-6)4-3-9/h2,5H,4H2,1H3. The summed E-state index contributed by atoms with van der Waals surface area (Å²) >= 11 is 1.67. The molecular formula is C8H7N3S. The number of rotatable bonds is 1. The Balaban J connectivity index is 2.68. The van der Waals surface area contributed by atoms with Gasteiger partial charge in [-0.05, 0) is 18.4 Å². The Kier molecular flexibility index (Phi) is 1.59. The highest BCUT2D eigenvalue weighted by Gasteiger charge is 2.06. The van der Waals surface area contributed by atoms with E-state index < -0.39 is 0 Å². The monoisotopic (exact) mass is 177 g/mol. The van der Waals surface area contributed by atoms with E-state index in [1.165, 1.54) is 4.70 Å². The average molecular weight is 177 g/mol. The van der Waals surface area contributed by atoms with Crippen molar-refractivity contribution in [2.75, 3.05) is 0 Å². The van der Waals surface area contributed by atoms with E-state index in [2.05, 4.69) is 11.2 Å². The Morgan fingerprint density at radius 3 is 3.33 bits per heavy atom. The molecule has 60 valence electrons. The van der Waals surface area contributed by atoms with Crippen LogP contribution < -0.4 is 0 Å². The molecule has 12 heavy (non-hydrogen) atoms. The van der Waals surface area contributed by atoms with Gasteiger partial charge in [-0.25, -0.2) is 4.68 Å². The largest absolute Gasteiger partial charge is 0.250 e. The molecule has 0 saturated carbocycles. The van der Waals surface area contributed by atoms with E-state index in [4.69, 9.17) is 5.26 Å². The molecule has 0 bridgehead atoms. The second kappa shape index (κ2) is 2.61. The maximum atomic E-state index is 8.52. The lowest BCUT2D eigenvalue weighted by Gasteiger charge is -1.90. The SMILES string of the molecule is Cc1nn(CC#N)c2ccsc12. The van der Waals surface area contributed by atoms with Crippen LogP contribution in [0.1, 0.15) is 5.69 Å². The summed E-state index contributed by atoms with van der Waals surface area (Å²) in [5.41, 5.74) is 2.08. The third-order valence-electron chi connectivity index (χ3n) is 1.74. The molecule has 2 rings (SSSR count). The van der Waals surface area contributed by atoms with Crippen molar-refractivity contribution in [1.82, 2.24) is 9.78 Å². The van der Waals surface area contributed by atoms with E-state index in [9.17, 15) is 0 Å². The Labute approximate surface area is 73.8 Å². The second-order valence-corrected chi connectivity index (χ2v) is 3.45. The summed E-state index contributed by atoms with van der Waals surface area (Å²) in [5, 5.41) is 14.8. The molecule has 2 aromatic rings. The summed E-state index contributed by atoms with van der Waals surface area (Å²) in [5.74, 6) is 0. The van der Waals surface area contributed by atoms with Crippen LogP contribution in [-0.4, -0.2) is 9.78 Å². The molecule has 0 fully saturated rings. The van der Waals surface area contributed by atoms with Crippen molar-refractivity contribution in [2.45, 2.75) is 13.5 Å². The number of aromatic nitrogens is 2. The van der Waals surface area contributed by atoms with Crippen molar-refractivity contribution in [3.05, 3.63) is 17.1 Å². The minimum atomic E-state index is 0.334. The van der Waals surface area contributed by atoms with Crippen LogP contribution in [0.5, 0.6) is 0 Å². The van der Waals surface area contributed by atoms with Gasteiger partial charge in [-0.15, -0.1) is 11.3 Å². The minimum absolute atomic E-state index is 0.334. The average Bonchev–Trinajstić information content (AvgIpc) is 2.58. The zero-order valence-corrected chi connectivity index (χ0v) is 7.43. The van der Waals surface area contributed by atoms with E-state index in [0.717, 1.165) is 11.2 Å². The molecule has 0 atom stereocenters. The number of thiophene rings is 1. The maximum Gasteiger partial charge on any atom is 0.128 e. The van der Waals surface area contributed by atoms with Gasteiger partial charge in [-0.3, -0.25) is 0 Å². The van der Waals surface area contributed by atoms with Gasteiger partial charge in [0.05, 0.1) is 22.0 Å². The zero-order chi connectivity index (χ0) is 8.55. The highest BCUT2D eigenvalue weighted by Crippen LogP contribution is 2.23. The molecule has 4 heteroatoms. The van der Waals surface area contributed by atoms with Crippen LogP contribution in [0, 0.1) is 18.3 Å². The summed E-state index contributed by atoms with van der Waals surface area (Å²) in [7, 11) is 0. The van der Waals surface area contributed by atoms with Gasteiger partial charge < -0.3 is 0 Å². The van der Waals surface area contributed by atoms with Crippen LogP contribution in [0.25, 0.3) is 10.2 Å². The van der Waals surface area contributed by atoms with Gasteiger partial charge in [0.1, 0.15) is 6.54 Å². The van der Waals surface area contributed by atoms with Crippen molar-refractivity contribution >= 4 is 21.6 Å². The molecule has 0 aromatic carbocycles. The number of aryl methyl sites for hydroxylation is 1. The van der Waals surface area contributed by atoms with E-state index in [1.807, 2.05) is 18.4 Å². The van der Waals surface area contributed by atoms with Crippen LogP contribution in [0.2, 0.25) is 0 Å². The lowest BCUT2D eigenvalue weighted by Crippen LogP contribution is -1.96. The predicted molar refractivity (Wildman–Crippen MR) is 48.0 cm³/mol. The topological polar surface area (TPSA) is 41.6 Å². The van der Waals surface area contributed by atoms with E-state index in [-0.39, 0.29) is 0 Å². The quantitative estimate of drug-likeness (QED) is 0.667. The lowest BCUT2D eigenvalue weighted by atomic mass is 10.4. The van der Waals surface area contributed by atoms with Crippen molar-refractivity contribution in [2.24, 2.45) is 0 Å².